The van der Waals surface area contributed by atoms with E-state index in [4.69, 9.17) is 10.8 Å². The van der Waals surface area contributed by atoms with Crippen molar-refractivity contribution in [3.63, 3.8) is 0 Å². The predicted octanol–water partition coefficient (Wildman–Crippen LogP) is 1.67. The molecule has 1 saturated carbocycles. The molecule has 0 spiro atoms. The van der Waals surface area contributed by atoms with Crippen LogP contribution >= 0.6 is 0 Å². The summed E-state index contributed by atoms with van der Waals surface area (Å²) in [5.41, 5.74) is 6.65. The first-order valence-corrected chi connectivity index (χ1v) is 6.89. The fourth-order valence-electron chi connectivity index (χ4n) is 2.42. The van der Waals surface area contributed by atoms with Gasteiger partial charge in [-0.1, -0.05) is 25.5 Å². The van der Waals surface area contributed by atoms with Gasteiger partial charge >= 0.3 is 5.97 Å². The van der Waals surface area contributed by atoms with E-state index in [1.54, 1.807) is 12.1 Å². The molecule has 1 amide bonds. The third-order valence-corrected chi connectivity index (χ3v) is 3.83. The maximum Gasteiger partial charge on any atom is 0.326 e. The number of nitrogen functional groups attached to an aromatic ring is 1. The second-order valence-corrected chi connectivity index (χ2v) is 5.36. The molecule has 1 aromatic carbocycles. The van der Waals surface area contributed by atoms with Crippen LogP contribution in [0.4, 0.5) is 5.69 Å². The number of hydrogen-bond acceptors (Lipinski definition) is 3. The fourth-order valence-corrected chi connectivity index (χ4v) is 2.42. The number of carbonyl (C=O) groups is 2. The number of carboxylic acid groups (broad SMARTS) is 1. The van der Waals surface area contributed by atoms with Crippen LogP contribution in [0.3, 0.4) is 0 Å². The van der Waals surface area contributed by atoms with Crippen LogP contribution in [0.1, 0.15) is 38.2 Å². The maximum absolute atomic E-state index is 12.4. The number of nitrogens with one attached hydrogen (secondary N) is 1. The topological polar surface area (TPSA) is 92.4 Å². The molecule has 1 aliphatic carbocycles. The van der Waals surface area contributed by atoms with Gasteiger partial charge < -0.3 is 16.2 Å². The molecule has 1 aromatic rings. The van der Waals surface area contributed by atoms with Crippen LogP contribution < -0.4 is 11.1 Å². The molecule has 1 aliphatic rings. The first-order valence-electron chi connectivity index (χ1n) is 6.89. The van der Waals surface area contributed by atoms with Crippen LogP contribution in [-0.2, 0) is 15.0 Å². The van der Waals surface area contributed by atoms with Gasteiger partial charge in [-0.25, -0.2) is 4.79 Å². The normalized spacial score (nSPS) is 17.2. The Kier molecular flexibility index (Phi) is 3.97. The van der Waals surface area contributed by atoms with Gasteiger partial charge in [-0.05, 0) is 37.0 Å². The number of hydrogen-bond donors (Lipinski definition) is 3. The molecule has 20 heavy (non-hydrogen) atoms. The summed E-state index contributed by atoms with van der Waals surface area (Å²) in [6, 6.07) is 6.42. The summed E-state index contributed by atoms with van der Waals surface area (Å²) in [6.07, 6.45) is 2.66. The van der Waals surface area contributed by atoms with E-state index in [1.807, 2.05) is 19.1 Å². The lowest BCUT2D eigenvalue weighted by atomic mass is 9.94. The van der Waals surface area contributed by atoms with Crippen molar-refractivity contribution in [1.29, 1.82) is 0 Å². The van der Waals surface area contributed by atoms with Gasteiger partial charge in [0.1, 0.15) is 6.04 Å². The van der Waals surface area contributed by atoms with Gasteiger partial charge in [0.05, 0.1) is 5.41 Å². The largest absolute Gasteiger partial charge is 0.480 e. The van der Waals surface area contributed by atoms with Crippen LogP contribution in [0.5, 0.6) is 0 Å². The lowest BCUT2D eigenvalue weighted by molar-refractivity contribution is -0.142. The van der Waals surface area contributed by atoms with Gasteiger partial charge in [-0.3, -0.25) is 4.79 Å². The quantitative estimate of drug-likeness (QED) is 0.689. The van der Waals surface area contributed by atoms with Gasteiger partial charge in [0.25, 0.3) is 0 Å². The summed E-state index contributed by atoms with van der Waals surface area (Å²) in [7, 11) is 0. The van der Waals surface area contributed by atoms with Crippen molar-refractivity contribution < 1.29 is 14.7 Å². The highest BCUT2D eigenvalue weighted by atomic mass is 16.4. The van der Waals surface area contributed by atoms with E-state index in [1.165, 1.54) is 0 Å². The van der Waals surface area contributed by atoms with Crippen LogP contribution in [-0.4, -0.2) is 23.0 Å². The molecule has 108 valence electrons. The third kappa shape index (κ3) is 2.76. The molecular formula is C15H20N2O3. The number of benzene rings is 1. The molecule has 0 radical (unpaired) electrons. The van der Waals surface area contributed by atoms with Crippen LogP contribution in [0.25, 0.3) is 0 Å². The van der Waals surface area contributed by atoms with Crippen molar-refractivity contribution in [1.82, 2.24) is 5.32 Å². The lowest BCUT2D eigenvalue weighted by Crippen LogP contribution is -2.45. The SMILES string of the molecule is CCC[C@@H](NC(=O)C1(c2ccc(N)cc2)CC1)C(=O)O. The second-order valence-electron chi connectivity index (χ2n) is 5.36. The molecular weight excluding hydrogens is 256 g/mol. The van der Waals surface area contributed by atoms with E-state index in [2.05, 4.69) is 5.32 Å². The fraction of sp³-hybridized carbons (Fsp3) is 0.467. The molecule has 0 aliphatic heterocycles. The highest BCUT2D eigenvalue weighted by Gasteiger charge is 2.51. The van der Waals surface area contributed by atoms with Gasteiger partial charge in [0.2, 0.25) is 5.91 Å². The number of amides is 1. The highest BCUT2D eigenvalue weighted by Crippen LogP contribution is 2.48. The van der Waals surface area contributed by atoms with E-state index in [9.17, 15) is 9.59 Å². The first kappa shape index (κ1) is 14.4. The minimum atomic E-state index is -0.978. The monoisotopic (exact) mass is 276 g/mol. The molecule has 0 aromatic heterocycles. The van der Waals surface area contributed by atoms with Crippen molar-refractivity contribution in [2.45, 2.75) is 44.1 Å². The molecule has 5 nitrogen and oxygen atoms in total. The van der Waals surface area contributed by atoms with Gasteiger partial charge in [-0.15, -0.1) is 0 Å². The average Bonchev–Trinajstić information content (AvgIpc) is 3.20. The number of rotatable bonds is 6. The zero-order chi connectivity index (χ0) is 14.8. The van der Waals surface area contributed by atoms with Crippen molar-refractivity contribution in [3.8, 4) is 0 Å². The smallest absolute Gasteiger partial charge is 0.326 e. The van der Waals surface area contributed by atoms with Crippen molar-refractivity contribution >= 4 is 17.6 Å². The van der Waals surface area contributed by atoms with Crippen LogP contribution in [0, 0.1) is 0 Å². The second kappa shape index (κ2) is 5.53. The Morgan fingerprint density at radius 1 is 1.35 bits per heavy atom. The first-order chi connectivity index (χ1) is 9.49. The number of nitrogens with two attached hydrogens (primary N) is 1. The maximum atomic E-state index is 12.4. The molecule has 2 rings (SSSR count). The number of anilines is 1. The zero-order valence-corrected chi connectivity index (χ0v) is 11.6. The van der Waals surface area contributed by atoms with E-state index in [0.717, 1.165) is 18.4 Å². The number of carboxylic acids is 1. The van der Waals surface area contributed by atoms with E-state index in [0.29, 0.717) is 18.5 Å². The molecule has 1 fully saturated rings. The molecule has 0 saturated heterocycles. The van der Waals surface area contributed by atoms with E-state index in [-0.39, 0.29) is 5.91 Å². The Hall–Kier alpha value is -2.04. The predicted molar refractivity (Wildman–Crippen MR) is 76.2 cm³/mol. The summed E-state index contributed by atoms with van der Waals surface area (Å²) >= 11 is 0. The molecule has 0 heterocycles. The molecule has 0 bridgehead atoms. The van der Waals surface area contributed by atoms with Crippen LogP contribution in [0.2, 0.25) is 0 Å². The van der Waals surface area contributed by atoms with E-state index < -0.39 is 17.4 Å². The summed E-state index contributed by atoms with van der Waals surface area (Å²) in [5, 5.41) is 11.8. The Labute approximate surface area is 118 Å². The Morgan fingerprint density at radius 3 is 2.40 bits per heavy atom. The zero-order valence-electron chi connectivity index (χ0n) is 11.6. The third-order valence-electron chi connectivity index (χ3n) is 3.83. The Bertz CT molecular complexity index is 506. The minimum Gasteiger partial charge on any atom is -0.480 e. The average molecular weight is 276 g/mol. The van der Waals surface area contributed by atoms with Crippen molar-refractivity contribution in [3.05, 3.63) is 29.8 Å². The lowest BCUT2D eigenvalue weighted by Gasteiger charge is -2.20. The highest BCUT2D eigenvalue weighted by molar-refractivity contribution is 5.94. The van der Waals surface area contributed by atoms with Crippen molar-refractivity contribution in [2.24, 2.45) is 0 Å². The molecule has 4 N–H and O–H groups in total. The summed E-state index contributed by atoms with van der Waals surface area (Å²) in [5.74, 6) is -1.17. The summed E-state index contributed by atoms with van der Waals surface area (Å²) in [4.78, 5) is 23.5. The summed E-state index contributed by atoms with van der Waals surface area (Å²) in [6.45, 7) is 1.90. The minimum absolute atomic E-state index is 0.192. The van der Waals surface area contributed by atoms with Crippen molar-refractivity contribution in [2.75, 3.05) is 5.73 Å². The Morgan fingerprint density at radius 2 is 1.95 bits per heavy atom. The number of aliphatic carboxylic acids is 1. The standard InChI is InChI=1S/C15H20N2O3/c1-2-3-12(13(18)19)17-14(20)15(8-9-15)10-4-6-11(16)7-5-10/h4-7,12H,2-3,8-9,16H2,1H3,(H,17,20)(H,18,19)/t12-/m1/s1. The molecule has 1 atom stereocenters. The number of carbonyl (C=O) groups excluding carboxylic acids is 1. The Balaban J connectivity index is 2.12. The summed E-state index contributed by atoms with van der Waals surface area (Å²) < 4.78 is 0. The molecule has 0 unspecified atom stereocenters. The van der Waals surface area contributed by atoms with Gasteiger partial charge in [0.15, 0.2) is 0 Å². The van der Waals surface area contributed by atoms with Gasteiger partial charge in [-0.2, -0.15) is 0 Å². The van der Waals surface area contributed by atoms with Gasteiger partial charge in [0, 0.05) is 5.69 Å². The van der Waals surface area contributed by atoms with E-state index >= 15 is 0 Å². The molecule has 5 heteroatoms. The van der Waals surface area contributed by atoms with Crippen LogP contribution in [0.15, 0.2) is 24.3 Å².